The minimum absolute atomic E-state index is 0.387. The predicted molar refractivity (Wildman–Crippen MR) is 83.6 cm³/mol. The summed E-state index contributed by atoms with van der Waals surface area (Å²) in [5.74, 6) is 0.641. The van der Waals surface area contributed by atoms with Gasteiger partial charge in [-0.25, -0.2) is 4.98 Å². The predicted octanol–water partition coefficient (Wildman–Crippen LogP) is 1.51. The van der Waals surface area contributed by atoms with Crippen molar-refractivity contribution in [2.45, 2.75) is 0 Å². The number of pyridine rings is 1. The van der Waals surface area contributed by atoms with Gasteiger partial charge in [0.1, 0.15) is 5.82 Å². The fourth-order valence-electron chi connectivity index (χ4n) is 2.57. The van der Waals surface area contributed by atoms with E-state index >= 15 is 0 Å². The molecule has 1 fully saturated rings. The number of hydrogen-bond donors (Lipinski definition) is 1. The van der Waals surface area contributed by atoms with Crippen LogP contribution in [0.1, 0.15) is 10.4 Å². The van der Waals surface area contributed by atoms with Gasteiger partial charge < -0.3 is 15.5 Å². The number of piperazine rings is 1. The van der Waals surface area contributed by atoms with Crippen LogP contribution in [-0.4, -0.2) is 37.1 Å². The lowest BCUT2D eigenvalue weighted by atomic mass is 10.1. The number of rotatable bonds is 3. The molecule has 2 N–H and O–H groups in total. The highest BCUT2D eigenvalue weighted by atomic mass is 16.1. The molecule has 0 saturated carbocycles. The van der Waals surface area contributed by atoms with Crippen LogP contribution in [0, 0.1) is 0 Å². The van der Waals surface area contributed by atoms with Gasteiger partial charge in [0, 0.05) is 43.6 Å². The number of benzene rings is 1. The molecular weight excluding hydrogens is 264 g/mol. The van der Waals surface area contributed by atoms with Gasteiger partial charge in [-0.2, -0.15) is 0 Å². The summed E-state index contributed by atoms with van der Waals surface area (Å²) in [6, 6.07) is 13.5. The second-order valence-corrected chi connectivity index (χ2v) is 5.07. The van der Waals surface area contributed by atoms with Crippen LogP contribution in [0.4, 0.5) is 11.5 Å². The van der Waals surface area contributed by atoms with Crippen LogP contribution in [-0.2, 0) is 0 Å². The molecule has 1 amide bonds. The molecule has 1 aromatic carbocycles. The maximum Gasteiger partial charge on any atom is 0.248 e. The fourth-order valence-corrected chi connectivity index (χ4v) is 2.57. The molecule has 21 heavy (non-hydrogen) atoms. The SMILES string of the molecule is NC(=O)c1ccc(N2CCN(c3ccccn3)CC2)cc1. The van der Waals surface area contributed by atoms with E-state index in [-0.39, 0.29) is 5.91 Å². The Labute approximate surface area is 124 Å². The summed E-state index contributed by atoms with van der Waals surface area (Å²) in [5, 5.41) is 0. The second kappa shape index (κ2) is 5.83. The van der Waals surface area contributed by atoms with Crippen molar-refractivity contribution in [2.75, 3.05) is 36.0 Å². The van der Waals surface area contributed by atoms with Crippen molar-refractivity contribution in [3.63, 3.8) is 0 Å². The van der Waals surface area contributed by atoms with Gasteiger partial charge in [0.15, 0.2) is 0 Å². The molecule has 0 aliphatic carbocycles. The van der Waals surface area contributed by atoms with E-state index in [9.17, 15) is 4.79 Å². The lowest BCUT2D eigenvalue weighted by molar-refractivity contribution is 0.100. The van der Waals surface area contributed by atoms with Crippen molar-refractivity contribution in [3.05, 3.63) is 54.2 Å². The summed E-state index contributed by atoms with van der Waals surface area (Å²) >= 11 is 0. The zero-order chi connectivity index (χ0) is 14.7. The quantitative estimate of drug-likeness (QED) is 0.927. The average molecular weight is 282 g/mol. The second-order valence-electron chi connectivity index (χ2n) is 5.07. The standard InChI is InChI=1S/C16H18N4O/c17-16(21)13-4-6-14(7-5-13)19-9-11-20(12-10-19)15-3-1-2-8-18-15/h1-8H,9-12H2,(H2,17,21). The molecule has 1 aromatic heterocycles. The Balaban J connectivity index is 1.64. The maximum absolute atomic E-state index is 11.1. The monoisotopic (exact) mass is 282 g/mol. The lowest BCUT2D eigenvalue weighted by Gasteiger charge is -2.36. The third-order valence-electron chi connectivity index (χ3n) is 3.77. The van der Waals surface area contributed by atoms with Gasteiger partial charge in [-0.05, 0) is 36.4 Å². The number of hydrogen-bond acceptors (Lipinski definition) is 4. The Hall–Kier alpha value is -2.56. The lowest BCUT2D eigenvalue weighted by Crippen LogP contribution is -2.46. The molecule has 0 bridgehead atoms. The van der Waals surface area contributed by atoms with Crippen LogP contribution in [0.25, 0.3) is 0 Å². The fraction of sp³-hybridized carbons (Fsp3) is 0.250. The first-order valence-electron chi connectivity index (χ1n) is 7.05. The minimum atomic E-state index is -0.387. The van der Waals surface area contributed by atoms with Crippen molar-refractivity contribution in [1.82, 2.24) is 4.98 Å². The van der Waals surface area contributed by atoms with Crippen LogP contribution in [0.15, 0.2) is 48.7 Å². The highest BCUT2D eigenvalue weighted by Crippen LogP contribution is 2.19. The molecule has 0 spiro atoms. The molecule has 1 aliphatic heterocycles. The number of anilines is 2. The first-order chi connectivity index (χ1) is 10.2. The average Bonchev–Trinajstić information content (AvgIpc) is 2.56. The molecule has 0 radical (unpaired) electrons. The van der Waals surface area contributed by atoms with E-state index in [4.69, 9.17) is 5.73 Å². The largest absolute Gasteiger partial charge is 0.368 e. The van der Waals surface area contributed by atoms with Gasteiger partial charge in [-0.1, -0.05) is 6.07 Å². The van der Waals surface area contributed by atoms with Gasteiger partial charge in [-0.3, -0.25) is 4.79 Å². The smallest absolute Gasteiger partial charge is 0.248 e. The van der Waals surface area contributed by atoms with E-state index in [0.29, 0.717) is 5.56 Å². The number of carbonyl (C=O) groups excluding carboxylic acids is 1. The van der Waals surface area contributed by atoms with Crippen LogP contribution >= 0.6 is 0 Å². The Morgan fingerprint density at radius 3 is 2.19 bits per heavy atom. The number of nitrogens with zero attached hydrogens (tertiary/aromatic N) is 3. The van der Waals surface area contributed by atoms with Gasteiger partial charge in [0.2, 0.25) is 5.91 Å². The molecule has 1 aliphatic rings. The Bertz CT molecular complexity index is 604. The number of aromatic nitrogens is 1. The van der Waals surface area contributed by atoms with Gasteiger partial charge >= 0.3 is 0 Å². The molecule has 5 nitrogen and oxygen atoms in total. The van der Waals surface area contributed by atoms with E-state index in [0.717, 1.165) is 37.7 Å². The Morgan fingerprint density at radius 1 is 0.952 bits per heavy atom. The van der Waals surface area contributed by atoms with Crippen LogP contribution in [0.2, 0.25) is 0 Å². The minimum Gasteiger partial charge on any atom is -0.368 e. The van der Waals surface area contributed by atoms with E-state index < -0.39 is 0 Å². The zero-order valence-electron chi connectivity index (χ0n) is 11.8. The number of primary amides is 1. The van der Waals surface area contributed by atoms with E-state index in [1.54, 1.807) is 12.1 Å². The summed E-state index contributed by atoms with van der Waals surface area (Å²) in [6.45, 7) is 3.75. The van der Waals surface area contributed by atoms with Crippen molar-refractivity contribution < 1.29 is 4.79 Å². The molecule has 5 heteroatoms. The molecule has 2 heterocycles. The van der Waals surface area contributed by atoms with Crippen LogP contribution < -0.4 is 15.5 Å². The normalized spacial score (nSPS) is 15.0. The van der Waals surface area contributed by atoms with Crippen LogP contribution in [0.5, 0.6) is 0 Å². The third-order valence-corrected chi connectivity index (χ3v) is 3.77. The maximum atomic E-state index is 11.1. The first-order valence-corrected chi connectivity index (χ1v) is 7.05. The van der Waals surface area contributed by atoms with Crippen molar-refractivity contribution >= 4 is 17.4 Å². The summed E-state index contributed by atoms with van der Waals surface area (Å²) in [7, 11) is 0. The first kappa shape index (κ1) is 13.4. The molecule has 0 atom stereocenters. The van der Waals surface area contributed by atoms with E-state index in [2.05, 4.69) is 14.8 Å². The van der Waals surface area contributed by atoms with Gasteiger partial charge in [0.25, 0.3) is 0 Å². The molecule has 2 aromatic rings. The van der Waals surface area contributed by atoms with E-state index in [1.165, 1.54) is 0 Å². The van der Waals surface area contributed by atoms with Crippen LogP contribution in [0.3, 0.4) is 0 Å². The number of nitrogens with two attached hydrogens (primary N) is 1. The Kier molecular flexibility index (Phi) is 3.73. The topological polar surface area (TPSA) is 62.5 Å². The summed E-state index contributed by atoms with van der Waals surface area (Å²) in [5.41, 5.74) is 6.93. The highest BCUT2D eigenvalue weighted by Gasteiger charge is 2.18. The summed E-state index contributed by atoms with van der Waals surface area (Å²) in [4.78, 5) is 20.1. The molecular formula is C16H18N4O. The highest BCUT2D eigenvalue weighted by molar-refractivity contribution is 5.93. The third kappa shape index (κ3) is 2.97. The van der Waals surface area contributed by atoms with Crippen molar-refractivity contribution in [2.24, 2.45) is 5.73 Å². The van der Waals surface area contributed by atoms with E-state index in [1.807, 2.05) is 36.5 Å². The molecule has 1 saturated heterocycles. The number of carbonyl (C=O) groups is 1. The summed E-state index contributed by atoms with van der Waals surface area (Å²) in [6.07, 6.45) is 1.82. The van der Waals surface area contributed by atoms with Crippen molar-refractivity contribution in [1.29, 1.82) is 0 Å². The molecule has 108 valence electrons. The van der Waals surface area contributed by atoms with Crippen molar-refractivity contribution in [3.8, 4) is 0 Å². The molecule has 0 unspecified atom stereocenters. The summed E-state index contributed by atoms with van der Waals surface area (Å²) < 4.78 is 0. The number of amides is 1. The van der Waals surface area contributed by atoms with Gasteiger partial charge in [0.05, 0.1) is 0 Å². The zero-order valence-corrected chi connectivity index (χ0v) is 11.8. The molecule has 3 rings (SSSR count). The van der Waals surface area contributed by atoms with Gasteiger partial charge in [-0.15, -0.1) is 0 Å². The Morgan fingerprint density at radius 2 is 1.62 bits per heavy atom.